The minimum atomic E-state index is -1.26. The lowest BCUT2D eigenvalue weighted by molar-refractivity contribution is -0.136. The minimum absolute atomic E-state index is 0.0221. The van der Waals surface area contributed by atoms with E-state index >= 15 is 0 Å². The zero-order chi connectivity index (χ0) is 31.6. The van der Waals surface area contributed by atoms with Gasteiger partial charge in [0, 0.05) is 39.4 Å². The molecular weight excluding hydrogens is 544 g/mol. The molecule has 43 heavy (non-hydrogen) atoms. The molecule has 9 nitrogen and oxygen atoms in total. The summed E-state index contributed by atoms with van der Waals surface area (Å²) >= 11 is 0. The van der Waals surface area contributed by atoms with E-state index in [9.17, 15) is 24.6 Å². The fourth-order valence-corrected chi connectivity index (χ4v) is 5.57. The van der Waals surface area contributed by atoms with Crippen LogP contribution in [0.5, 0.6) is 0 Å². The third-order valence-corrected chi connectivity index (χ3v) is 8.22. The molecule has 0 aliphatic heterocycles. The molecule has 5 N–H and O–H groups in total. The van der Waals surface area contributed by atoms with Gasteiger partial charge >= 0.3 is 0 Å². The number of aliphatic hydroxyl groups is 2. The lowest BCUT2D eigenvalue weighted by Crippen LogP contribution is -2.56. The van der Waals surface area contributed by atoms with Crippen LogP contribution >= 0.6 is 0 Å². The third kappa shape index (κ3) is 12.8. The van der Waals surface area contributed by atoms with Crippen molar-refractivity contribution in [3.05, 3.63) is 35.9 Å². The van der Waals surface area contributed by atoms with Gasteiger partial charge in [0.2, 0.25) is 17.7 Å². The van der Waals surface area contributed by atoms with Crippen molar-refractivity contribution in [2.45, 2.75) is 94.9 Å². The molecule has 1 aromatic rings. The molecule has 0 unspecified atom stereocenters. The average Bonchev–Trinajstić information content (AvgIpc) is 3.01. The number of rotatable bonds is 18. The average molecular weight is 595 g/mol. The van der Waals surface area contributed by atoms with Crippen LogP contribution in [0.1, 0.15) is 69.8 Å². The second kappa shape index (κ2) is 19.7. The molecule has 1 saturated carbocycles. The SMILES string of the molecule is C#CCC[C@H](NC(=O)[C@@H](CC(=O)N(C)CCNC)Cc1ccccc1)C(=O)N[C@@H](CC1CCCCC1)[C@@H](O)[C@@H](O)CC#C. The van der Waals surface area contributed by atoms with Crippen LogP contribution in [0.15, 0.2) is 30.3 Å². The van der Waals surface area contributed by atoms with Gasteiger partial charge in [-0.15, -0.1) is 24.7 Å². The molecule has 0 saturated heterocycles. The van der Waals surface area contributed by atoms with Gasteiger partial charge in [-0.3, -0.25) is 14.4 Å². The molecule has 0 radical (unpaired) electrons. The maximum Gasteiger partial charge on any atom is 0.242 e. The van der Waals surface area contributed by atoms with E-state index in [1.807, 2.05) is 30.3 Å². The molecule has 5 atom stereocenters. The summed E-state index contributed by atoms with van der Waals surface area (Å²) in [6, 6.07) is 7.71. The summed E-state index contributed by atoms with van der Waals surface area (Å²) in [5.41, 5.74) is 0.899. The largest absolute Gasteiger partial charge is 0.389 e. The molecule has 0 aromatic heterocycles. The highest BCUT2D eigenvalue weighted by Gasteiger charge is 2.33. The minimum Gasteiger partial charge on any atom is -0.389 e. The number of benzene rings is 1. The van der Waals surface area contributed by atoms with Crippen LogP contribution in [0.3, 0.4) is 0 Å². The van der Waals surface area contributed by atoms with Gasteiger partial charge in [-0.05, 0) is 37.8 Å². The maximum absolute atomic E-state index is 13.7. The Morgan fingerprint density at radius 3 is 2.35 bits per heavy atom. The first-order valence-electron chi connectivity index (χ1n) is 15.5. The zero-order valence-electron chi connectivity index (χ0n) is 25.8. The Labute approximate surface area is 257 Å². The number of hydrogen-bond acceptors (Lipinski definition) is 6. The third-order valence-electron chi connectivity index (χ3n) is 8.22. The molecular formula is C34H50N4O5. The molecule has 236 valence electrons. The fourth-order valence-electron chi connectivity index (χ4n) is 5.57. The van der Waals surface area contributed by atoms with Crippen LogP contribution in [0.25, 0.3) is 0 Å². The number of amides is 3. The summed E-state index contributed by atoms with van der Waals surface area (Å²) < 4.78 is 0. The van der Waals surface area contributed by atoms with Crippen LogP contribution in [0.2, 0.25) is 0 Å². The van der Waals surface area contributed by atoms with Crippen molar-refractivity contribution >= 4 is 17.7 Å². The summed E-state index contributed by atoms with van der Waals surface area (Å²) in [7, 11) is 3.51. The summed E-state index contributed by atoms with van der Waals surface area (Å²) in [6.07, 6.45) is 14.9. The van der Waals surface area contributed by atoms with Crippen molar-refractivity contribution in [3.8, 4) is 24.7 Å². The number of aliphatic hydroxyl groups excluding tert-OH is 2. The van der Waals surface area contributed by atoms with Crippen molar-refractivity contribution < 1.29 is 24.6 Å². The molecule has 0 heterocycles. The Morgan fingerprint density at radius 2 is 1.72 bits per heavy atom. The summed E-state index contributed by atoms with van der Waals surface area (Å²) in [4.78, 5) is 41.9. The summed E-state index contributed by atoms with van der Waals surface area (Å²) in [5, 5.41) is 30.2. The van der Waals surface area contributed by atoms with Crippen molar-refractivity contribution in [3.63, 3.8) is 0 Å². The lowest BCUT2D eigenvalue weighted by Gasteiger charge is -2.33. The zero-order valence-corrected chi connectivity index (χ0v) is 25.8. The van der Waals surface area contributed by atoms with E-state index in [2.05, 4.69) is 27.8 Å². The van der Waals surface area contributed by atoms with E-state index in [0.29, 0.717) is 31.8 Å². The second-order valence-electron chi connectivity index (χ2n) is 11.6. The van der Waals surface area contributed by atoms with Gasteiger partial charge in [-0.2, -0.15) is 0 Å². The molecule has 1 aliphatic rings. The highest BCUT2D eigenvalue weighted by atomic mass is 16.3. The number of hydrogen-bond donors (Lipinski definition) is 5. The topological polar surface area (TPSA) is 131 Å². The van der Waals surface area contributed by atoms with Gasteiger partial charge < -0.3 is 31.1 Å². The number of nitrogens with one attached hydrogen (secondary N) is 3. The van der Waals surface area contributed by atoms with Crippen molar-refractivity contribution in [1.82, 2.24) is 20.9 Å². The smallest absolute Gasteiger partial charge is 0.242 e. The Hall–Kier alpha value is -3.37. The second-order valence-corrected chi connectivity index (χ2v) is 11.6. The number of terminal acetylenes is 2. The molecule has 2 rings (SSSR count). The number of carbonyl (C=O) groups excluding carboxylic acids is 3. The van der Waals surface area contributed by atoms with Crippen LogP contribution < -0.4 is 16.0 Å². The van der Waals surface area contributed by atoms with Gasteiger partial charge in [-0.25, -0.2) is 0 Å². The van der Waals surface area contributed by atoms with Gasteiger partial charge in [0.1, 0.15) is 12.1 Å². The van der Waals surface area contributed by atoms with Crippen LogP contribution in [0.4, 0.5) is 0 Å². The quantitative estimate of drug-likeness (QED) is 0.165. The fraction of sp³-hybridized carbons (Fsp3) is 0.618. The van der Waals surface area contributed by atoms with Gasteiger partial charge in [0.15, 0.2) is 0 Å². The number of nitrogens with zero attached hydrogens (tertiary/aromatic N) is 1. The predicted molar refractivity (Wildman–Crippen MR) is 168 cm³/mol. The molecule has 1 aliphatic carbocycles. The van der Waals surface area contributed by atoms with E-state index in [4.69, 9.17) is 12.8 Å². The molecule has 1 fully saturated rings. The van der Waals surface area contributed by atoms with Gasteiger partial charge in [-0.1, -0.05) is 62.4 Å². The van der Waals surface area contributed by atoms with E-state index in [1.54, 1.807) is 19.0 Å². The predicted octanol–water partition coefficient (Wildman–Crippen LogP) is 2.01. The Morgan fingerprint density at radius 1 is 1.02 bits per heavy atom. The van der Waals surface area contributed by atoms with Crippen molar-refractivity contribution in [2.24, 2.45) is 11.8 Å². The van der Waals surface area contributed by atoms with Gasteiger partial charge in [0.25, 0.3) is 0 Å². The number of carbonyl (C=O) groups is 3. The van der Waals surface area contributed by atoms with E-state index in [0.717, 1.165) is 37.7 Å². The monoisotopic (exact) mass is 594 g/mol. The Balaban J connectivity index is 2.23. The van der Waals surface area contributed by atoms with Crippen molar-refractivity contribution in [2.75, 3.05) is 27.2 Å². The first kappa shape index (κ1) is 35.8. The summed E-state index contributed by atoms with van der Waals surface area (Å²) in [6.45, 7) is 1.12. The van der Waals surface area contributed by atoms with Gasteiger partial charge in [0.05, 0.1) is 18.1 Å². The normalized spacial score (nSPS) is 16.9. The Kier molecular flexibility index (Phi) is 16.5. The lowest BCUT2D eigenvalue weighted by atomic mass is 9.82. The van der Waals surface area contributed by atoms with E-state index in [-0.39, 0.29) is 31.6 Å². The van der Waals surface area contributed by atoms with E-state index < -0.39 is 42.0 Å². The number of likely N-dealkylation sites (N-methyl/N-ethyl adjacent to an activating group) is 2. The maximum atomic E-state index is 13.7. The molecule has 0 bridgehead atoms. The molecule has 1 aromatic carbocycles. The molecule has 0 spiro atoms. The molecule has 9 heteroatoms. The first-order chi connectivity index (χ1) is 20.7. The standard InChI is InChI=1S/C34H50N4O5/c1-5-7-19-28(34(43)37-29(32(41)30(39)14-6-2)23-26-17-12-9-13-18-26)36-33(42)27(22-25-15-10-8-11-16-25)24-31(40)38(4)21-20-35-3/h1-2,8,10-11,15-16,26-30,32,35,39,41H,7,9,12-14,17-24H2,3-4H3,(H,36,42)(H,37,43)/t27-,28+,29+,30+,32-/m1/s1. The van der Waals surface area contributed by atoms with E-state index in [1.165, 1.54) is 0 Å². The highest BCUT2D eigenvalue weighted by molar-refractivity contribution is 5.91. The first-order valence-corrected chi connectivity index (χ1v) is 15.5. The summed E-state index contributed by atoms with van der Waals surface area (Å²) in [5.74, 6) is 3.39. The molecule has 3 amide bonds. The van der Waals surface area contributed by atoms with Crippen molar-refractivity contribution in [1.29, 1.82) is 0 Å². The van der Waals surface area contributed by atoms with Crippen LogP contribution in [-0.4, -0.2) is 84.3 Å². The highest BCUT2D eigenvalue weighted by Crippen LogP contribution is 2.28. The Bertz CT molecular complexity index is 1080. The van der Waals surface area contributed by atoms with Crippen LogP contribution in [0, 0.1) is 36.5 Å². The van der Waals surface area contributed by atoms with Crippen LogP contribution in [-0.2, 0) is 20.8 Å².